The highest BCUT2D eigenvalue weighted by Crippen LogP contribution is 2.20. The smallest absolute Gasteiger partial charge is 0.211 e. The van der Waals surface area contributed by atoms with Gasteiger partial charge in [0.05, 0.1) is 6.26 Å². The molecular weight excluding hydrogens is 298 g/mol. The first-order valence-electron chi connectivity index (χ1n) is 6.90. The third-order valence-electron chi connectivity index (χ3n) is 3.92. The number of rotatable bonds is 4. The number of hydrogen-bond donors (Lipinski definition) is 1. The maximum absolute atomic E-state index is 13.6. The molecule has 1 N–H and O–H groups in total. The Morgan fingerprint density at radius 2 is 2.10 bits per heavy atom. The topological polar surface area (TPSA) is 49.4 Å². The second kappa shape index (κ2) is 6.37. The molecule has 0 radical (unpaired) electrons. The normalized spacial score (nSPS) is 24.2. The molecule has 1 saturated heterocycles. The number of nitrogens with zero attached hydrogens (tertiary/aromatic N) is 1. The molecule has 1 aromatic carbocycles. The molecule has 0 bridgehead atoms. The van der Waals surface area contributed by atoms with E-state index in [9.17, 15) is 17.2 Å². The van der Waals surface area contributed by atoms with E-state index in [0.29, 0.717) is 19.5 Å². The molecule has 4 nitrogen and oxygen atoms in total. The molecule has 0 amide bonds. The van der Waals surface area contributed by atoms with Crippen LogP contribution in [0.15, 0.2) is 18.2 Å². The van der Waals surface area contributed by atoms with Crippen LogP contribution < -0.4 is 5.32 Å². The molecule has 2 rings (SSSR count). The van der Waals surface area contributed by atoms with Crippen LogP contribution in [0.25, 0.3) is 0 Å². The molecule has 1 fully saturated rings. The van der Waals surface area contributed by atoms with E-state index in [4.69, 9.17) is 0 Å². The average Bonchev–Trinajstić information content (AvgIpc) is 2.40. The molecular formula is C14H20F2N2O2S. The predicted molar refractivity (Wildman–Crippen MR) is 77.2 cm³/mol. The Kier molecular flexibility index (Phi) is 4.95. The molecule has 118 valence electrons. The zero-order valence-corrected chi connectivity index (χ0v) is 13.0. The predicted octanol–water partition coefficient (Wildman–Crippen LogP) is 1.72. The van der Waals surface area contributed by atoms with Crippen LogP contribution in [-0.4, -0.2) is 38.1 Å². The number of nitrogens with one attached hydrogen (secondary N) is 1. The van der Waals surface area contributed by atoms with Gasteiger partial charge in [0.25, 0.3) is 0 Å². The van der Waals surface area contributed by atoms with Gasteiger partial charge in [-0.05, 0) is 18.4 Å². The molecule has 0 aromatic heterocycles. The molecule has 0 saturated carbocycles. The summed E-state index contributed by atoms with van der Waals surface area (Å²) in [4.78, 5) is 0. The van der Waals surface area contributed by atoms with Crippen LogP contribution in [-0.2, 0) is 16.6 Å². The summed E-state index contributed by atoms with van der Waals surface area (Å²) in [5.74, 6) is -1.56. The lowest BCUT2D eigenvalue weighted by Gasteiger charge is -2.36. The van der Waals surface area contributed by atoms with Gasteiger partial charge in [-0.2, -0.15) is 0 Å². The number of hydrogen-bond acceptors (Lipinski definition) is 3. The van der Waals surface area contributed by atoms with Gasteiger partial charge in [-0.25, -0.2) is 21.5 Å². The summed E-state index contributed by atoms with van der Waals surface area (Å²) < 4.78 is 51.2. The quantitative estimate of drug-likeness (QED) is 0.920. The number of benzene rings is 1. The Labute approximate surface area is 124 Å². The summed E-state index contributed by atoms with van der Waals surface area (Å²) in [6.45, 7) is 3.09. The highest BCUT2D eigenvalue weighted by atomic mass is 32.2. The van der Waals surface area contributed by atoms with Crippen molar-refractivity contribution in [2.24, 2.45) is 5.92 Å². The van der Waals surface area contributed by atoms with E-state index in [1.165, 1.54) is 16.6 Å². The minimum absolute atomic E-state index is 0.0886. The summed E-state index contributed by atoms with van der Waals surface area (Å²) in [6, 6.07) is 4.20. The van der Waals surface area contributed by atoms with Gasteiger partial charge in [-0.3, -0.25) is 0 Å². The Balaban J connectivity index is 1.95. The lowest BCUT2D eigenvalue weighted by molar-refractivity contribution is 0.219. The van der Waals surface area contributed by atoms with Crippen LogP contribution in [0, 0.1) is 17.6 Å². The number of piperidine rings is 1. The van der Waals surface area contributed by atoms with Gasteiger partial charge in [-0.1, -0.05) is 19.1 Å². The minimum Gasteiger partial charge on any atom is -0.309 e. The summed E-state index contributed by atoms with van der Waals surface area (Å²) in [6.07, 6.45) is 1.86. The lowest BCUT2D eigenvalue weighted by Crippen LogP contribution is -2.49. The van der Waals surface area contributed by atoms with Crippen molar-refractivity contribution in [2.75, 3.05) is 19.3 Å². The van der Waals surface area contributed by atoms with Crippen LogP contribution >= 0.6 is 0 Å². The highest BCUT2D eigenvalue weighted by molar-refractivity contribution is 7.88. The standard InChI is InChI=1S/C14H20F2N2O2S/c1-10-9-18(21(2,19)20)7-6-13(10)17-8-11-4-3-5-12(15)14(11)16/h3-5,10,13,17H,6-9H2,1-2H3/t10-,13+/m0/s1. The Morgan fingerprint density at radius 3 is 2.71 bits per heavy atom. The summed E-state index contributed by atoms with van der Waals surface area (Å²) >= 11 is 0. The second-order valence-corrected chi connectivity index (χ2v) is 7.57. The molecule has 0 spiro atoms. The SMILES string of the molecule is C[C@H]1CN(S(C)(=O)=O)CC[C@H]1NCc1cccc(F)c1F. The Morgan fingerprint density at radius 1 is 1.38 bits per heavy atom. The van der Waals surface area contributed by atoms with Crippen LogP contribution in [0.2, 0.25) is 0 Å². The van der Waals surface area contributed by atoms with Crippen LogP contribution in [0.3, 0.4) is 0 Å². The average molecular weight is 318 g/mol. The first kappa shape index (κ1) is 16.3. The van der Waals surface area contributed by atoms with Gasteiger partial charge in [0, 0.05) is 31.2 Å². The van der Waals surface area contributed by atoms with Gasteiger partial charge >= 0.3 is 0 Å². The lowest BCUT2D eigenvalue weighted by atomic mass is 9.95. The highest BCUT2D eigenvalue weighted by Gasteiger charge is 2.30. The molecule has 1 aromatic rings. The van der Waals surface area contributed by atoms with Crippen molar-refractivity contribution in [3.8, 4) is 0 Å². The third-order valence-corrected chi connectivity index (χ3v) is 5.19. The molecule has 7 heteroatoms. The van der Waals surface area contributed by atoms with E-state index in [-0.39, 0.29) is 24.1 Å². The monoisotopic (exact) mass is 318 g/mol. The maximum Gasteiger partial charge on any atom is 0.211 e. The maximum atomic E-state index is 13.6. The van der Waals surface area contributed by atoms with Gasteiger partial charge in [-0.15, -0.1) is 0 Å². The van der Waals surface area contributed by atoms with Crippen LogP contribution in [0.5, 0.6) is 0 Å². The van der Waals surface area contributed by atoms with Crippen molar-refractivity contribution < 1.29 is 17.2 Å². The fourth-order valence-corrected chi connectivity index (χ4v) is 3.58. The van der Waals surface area contributed by atoms with Gasteiger partial charge < -0.3 is 5.32 Å². The Bertz CT molecular complexity index is 607. The second-order valence-electron chi connectivity index (χ2n) is 5.59. The van der Waals surface area contributed by atoms with Crippen LogP contribution in [0.4, 0.5) is 8.78 Å². The zero-order chi connectivity index (χ0) is 15.6. The molecule has 1 heterocycles. The van der Waals surface area contributed by atoms with Gasteiger partial charge in [0.2, 0.25) is 10.0 Å². The van der Waals surface area contributed by atoms with Gasteiger partial charge in [0.1, 0.15) is 0 Å². The molecule has 2 atom stereocenters. The van der Waals surface area contributed by atoms with E-state index in [0.717, 1.165) is 6.07 Å². The van der Waals surface area contributed by atoms with Crippen molar-refractivity contribution in [1.82, 2.24) is 9.62 Å². The minimum atomic E-state index is -3.17. The van der Waals surface area contributed by atoms with E-state index in [2.05, 4.69) is 5.32 Å². The van der Waals surface area contributed by atoms with Crippen molar-refractivity contribution in [3.05, 3.63) is 35.4 Å². The fraction of sp³-hybridized carbons (Fsp3) is 0.571. The fourth-order valence-electron chi connectivity index (χ4n) is 2.64. The largest absolute Gasteiger partial charge is 0.309 e. The van der Waals surface area contributed by atoms with Crippen molar-refractivity contribution in [1.29, 1.82) is 0 Å². The van der Waals surface area contributed by atoms with Crippen molar-refractivity contribution in [2.45, 2.75) is 25.9 Å². The van der Waals surface area contributed by atoms with Gasteiger partial charge in [0.15, 0.2) is 11.6 Å². The Hall–Kier alpha value is -1.05. The molecule has 1 aliphatic heterocycles. The molecule has 1 aliphatic rings. The van der Waals surface area contributed by atoms with Crippen LogP contribution in [0.1, 0.15) is 18.9 Å². The first-order chi connectivity index (χ1) is 9.79. The zero-order valence-electron chi connectivity index (χ0n) is 12.1. The summed E-state index contributed by atoms with van der Waals surface area (Å²) in [5, 5.41) is 3.20. The summed E-state index contributed by atoms with van der Waals surface area (Å²) in [5.41, 5.74) is 0.285. The summed E-state index contributed by atoms with van der Waals surface area (Å²) in [7, 11) is -3.17. The van der Waals surface area contributed by atoms with E-state index in [1.54, 1.807) is 6.07 Å². The number of halogens is 2. The third kappa shape index (κ3) is 3.99. The van der Waals surface area contributed by atoms with Crippen molar-refractivity contribution in [3.63, 3.8) is 0 Å². The first-order valence-corrected chi connectivity index (χ1v) is 8.75. The molecule has 0 aliphatic carbocycles. The van der Waals surface area contributed by atoms with Crippen molar-refractivity contribution >= 4 is 10.0 Å². The van der Waals surface area contributed by atoms with E-state index in [1.807, 2.05) is 6.92 Å². The van der Waals surface area contributed by atoms with E-state index < -0.39 is 21.7 Å². The molecule has 21 heavy (non-hydrogen) atoms. The number of sulfonamides is 1. The van der Waals surface area contributed by atoms with E-state index >= 15 is 0 Å². The molecule has 0 unspecified atom stereocenters.